The lowest BCUT2D eigenvalue weighted by molar-refractivity contribution is 0.241. The lowest BCUT2D eigenvalue weighted by Gasteiger charge is -2.29. The SMILES string of the molecule is Cc1ccc(C(CN)N(C)Cc2ccc(Cl)cc2)c(C)c1. The van der Waals surface area contributed by atoms with Gasteiger partial charge in [-0.3, -0.25) is 4.90 Å². The molecule has 0 radical (unpaired) electrons. The zero-order chi connectivity index (χ0) is 15.4. The van der Waals surface area contributed by atoms with Crippen molar-refractivity contribution in [2.75, 3.05) is 13.6 Å². The van der Waals surface area contributed by atoms with Crippen molar-refractivity contribution in [2.24, 2.45) is 5.73 Å². The zero-order valence-electron chi connectivity index (χ0n) is 12.9. The second-order valence-corrected chi connectivity index (χ2v) is 6.09. The number of rotatable bonds is 5. The van der Waals surface area contributed by atoms with Gasteiger partial charge in [0.1, 0.15) is 0 Å². The summed E-state index contributed by atoms with van der Waals surface area (Å²) >= 11 is 5.94. The molecular formula is C18H23ClN2. The van der Waals surface area contributed by atoms with E-state index in [1.807, 2.05) is 12.1 Å². The van der Waals surface area contributed by atoms with Crippen LogP contribution >= 0.6 is 11.6 Å². The average molecular weight is 303 g/mol. The van der Waals surface area contributed by atoms with E-state index < -0.39 is 0 Å². The smallest absolute Gasteiger partial charge is 0.0473 e. The molecule has 0 bridgehead atoms. The van der Waals surface area contributed by atoms with Gasteiger partial charge in [-0.1, -0.05) is 47.5 Å². The van der Waals surface area contributed by atoms with Gasteiger partial charge in [-0.05, 0) is 49.7 Å². The van der Waals surface area contributed by atoms with Crippen molar-refractivity contribution < 1.29 is 0 Å². The standard InChI is InChI=1S/C18H23ClN2/c1-13-4-9-17(14(2)10-13)18(11-20)21(3)12-15-5-7-16(19)8-6-15/h4-10,18H,11-12,20H2,1-3H3. The predicted octanol–water partition coefficient (Wildman–Crippen LogP) is 4.09. The first-order valence-electron chi connectivity index (χ1n) is 7.23. The fraction of sp³-hybridized carbons (Fsp3) is 0.333. The maximum atomic E-state index is 6.03. The Labute approximate surface area is 132 Å². The molecular weight excluding hydrogens is 280 g/mol. The molecule has 0 saturated carbocycles. The summed E-state index contributed by atoms with van der Waals surface area (Å²) in [6.45, 7) is 5.73. The van der Waals surface area contributed by atoms with Crippen molar-refractivity contribution in [2.45, 2.75) is 26.4 Å². The third kappa shape index (κ3) is 4.07. The van der Waals surface area contributed by atoms with Gasteiger partial charge in [0.15, 0.2) is 0 Å². The third-order valence-electron chi connectivity index (χ3n) is 3.88. The molecule has 0 fully saturated rings. The van der Waals surface area contributed by atoms with Gasteiger partial charge < -0.3 is 5.73 Å². The molecule has 2 nitrogen and oxygen atoms in total. The van der Waals surface area contributed by atoms with Crippen molar-refractivity contribution in [1.82, 2.24) is 4.90 Å². The minimum absolute atomic E-state index is 0.223. The summed E-state index contributed by atoms with van der Waals surface area (Å²) in [5.74, 6) is 0. The second-order valence-electron chi connectivity index (χ2n) is 5.65. The minimum Gasteiger partial charge on any atom is -0.329 e. The molecule has 2 N–H and O–H groups in total. The van der Waals surface area contributed by atoms with Crippen LogP contribution in [0.2, 0.25) is 5.02 Å². The number of likely N-dealkylation sites (N-methyl/N-ethyl adjacent to an activating group) is 1. The molecule has 0 aliphatic rings. The van der Waals surface area contributed by atoms with Gasteiger partial charge in [-0.25, -0.2) is 0 Å². The van der Waals surface area contributed by atoms with E-state index in [1.165, 1.54) is 22.3 Å². The van der Waals surface area contributed by atoms with Gasteiger partial charge in [0.05, 0.1) is 0 Å². The largest absolute Gasteiger partial charge is 0.329 e. The van der Waals surface area contributed by atoms with Crippen LogP contribution in [0.15, 0.2) is 42.5 Å². The predicted molar refractivity (Wildman–Crippen MR) is 90.6 cm³/mol. The summed E-state index contributed by atoms with van der Waals surface area (Å²) in [6, 6.07) is 14.8. The number of benzene rings is 2. The van der Waals surface area contributed by atoms with Gasteiger partial charge in [-0.2, -0.15) is 0 Å². The average Bonchev–Trinajstić information content (AvgIpc) is 2.44. The highest BCUT2D eigenvalue weighted by Crippen LogP contribution is 2.24. The second kappa shape index (κ2) is 7.08. The Morgan fingerprint density at radius 1 is 1.10 bits per heavy atom. The molecule has 1 atom stereocenters. The van der Waals surface area contributed by atoms with E-state index in [1.54, 1.807) is 0 Å². The van der Waals surface area contributed by atoms with E-state index in [0.717, 1.165) is 11.6 Å². The Morgan fingerprint density at radius 2 is 1.76 bits per heavy atom. The van der Waals surface area contributed by atoms with Crippen molar-refractivity contribution in [3.05, 3.63) is 69.7 Å². The minimum atomic E-state index is 0.223. The van der Waals surface area contributed by atoms with Crippen LogP contribution in [0, 0.1) is 13.8 Å². The quantitative estimate of drug-likeness (QED) is 0.901. The van der Waals surface area contributed by atoms with Gasteiger partial charge in [0.25, 0.3) is 0 Å². The van der Waals surface area contributed by atoms with E-state index in [4.69, 9.17) is 17.3 Å². The molecule has 0 spiro atoms. The Kier molecular flexibility index (Phi) is 5.40. The molecule has 0 amide bonds. The van der Waals surface area contributed by atoms with Crippen LogP contribution in [-0.2, 0) is 6.54 Å². The van der Waals surface area contributed by atoms with E-state index in [0.29, 0.717) is 6.54 Å². The number of hydrogen-bond donors (Lipinski definition) is 1. The van der Waals surface area contributed by atoms with Crippen LogP contribution in [-0.4, -0.2) is 18.5 Å². The highest BCUT2D eigenvalue weighted by Gasteiger charge is 2.17. The first-order valence-corrected chi connectivity index (χ1v) is 7.61. The van der Waals surface area contributed by atoms with Crippen molar-refractivity contribution >= 4 is 11.6 Å². The molecule has 2 aromatic rings. The Hall–Kier alpha value is -1.35. The summed E-state index contributed by atoms with van der Waals surface area (Å²) in [6.07, 6.45) is 0. The molecule has 0 aliphatic heterocycles. The molecule has 0 saturated heterocycles. The molecule has 0 aliphatic carbocycles. The molecule has 2 rings (SSSR count). The number of aryl methyl sites for hydroxylation is 2. The van der Waals surface area contributed by atoms with Crippen molar-refractivity contribution in [1.29, 1.82) is 0 Å². The summed E-state index contributed by atoms with van der Waals surface area (Å²) in [5.41, 5.74) is 11.2. The highest BCUT2D eigenvalue weighted by atomic mass is 35.5. The molecule has 2 aromatic carbocycles. The third-order valence-corrected chi connectivity index (χ3v) is 4.14. The van der Waals surface area contributed by atoms with Crippen molar-refractivity contribution in [3.63, 3.8) is 0 Å². The van der Waals surface area contributed by atoms with E-state index >= 15 is 0 Å². The highest BCUT2D eigenvalue weighted by molar-refractivity contribution is 6.30. The number of hydrogen-bond acceptors (Lipinski definition) is 2. The van der Waals surface area contributed by atoms with Crippen LogP contribution in [0.1, 0.15) is 28.3 Å². The van der Waals surface area contributed by atoms with Crippen LogP contribution in [0.3, 0.4) is 0 Å². The Bertz CT molecular complexity index is 593. The molecule has 1 unspecified atom stereocenters. The van der Waals surface area contributed by atoms with E-state index in [-0.39, 0.29) is 6.04 Å². The summed E-state index contributed by atoms with van der Waals surface area (Å²) < 4.78 is 0. The van der Waals surface area contributed by atoms with E-state index in [9.17, 15) is 0 Å². The summed E-state index contributed by atoms with van der Waals surface area (Å²) in [4.78, 5) is 2.29. The lowest BCUT2D eigenvalue weighted by Crippen LogP contribution is -2.30. The van der Waals surface area contributed by atoms with Gasteiger partial charge in [-0.15, -0.1) is 0 Å². The van der Waals surface area contributed by atoms with Crippen LogP contribution in [0.5, 0.6) is 0 Å². The first kappa shape index (κ1) is 16.0. The van der Waals surface area contributed by atoms with Gasteiger partial charge in [0.2, 0.25) is 0 Å². The molecule has 21 heavy (non-hydrogen) atoms. The lowest BCUT2D eigenvalue weighted by atomic mass is 9.98. The molecule has 112 valence electrons. The van der Waals surface area contributed by atoms with Crippen LogP contribution in [0.25, 0.3) is 0 Å². The summed E-state index contributed by atoms with van der Waals surface area (Å²) in [5, 5.41) is 0.770. The first-order chi connectivity index (χ1) is 10.0. The van der Waals surface area contributed by atoms with Crippen LogP contribution < -0.4 is 5.73 Å². The molecule has 0 aromatic heterocycles. The Morgan fingerprint density at radius 3 is 2.33 bits per heavy atom. The van der Waals surface area contributed by atoms with E-state index in [2.05, 4.69) is 56.1 Å². The fourth-order valence-corrected chi connectivity index (χ4v) is 2.86. The number of halogens is 1. The Balaban J connectivity index is 2.18. The number of nitrogens with zero attached hydrogens (tertiary/aromatic N) is 1. The maximum Gasteiger partial charge on any atom is 0.0473 e. The van der Waals surface area contributed by atoms with Crippen molar-refractivity contribution in [3.8, 4) is 0 Å². The van der Waals surface area contributed by atoms with Gasteiger partial charge >= 0.3 is 0 Å². The zero-order valence-corrected chi connectivity index (χ0v) is 13.7. The number of nitrogens with two attached hydrogens (primary N) is 1. The normalized spacial score (nSPS) is 12.7. The topological polar surface area (TPSA) is 29.3 Å². The van der Waals surface area contributed by atoms with Crippen LogP contribution in [0.4, 0.5) is 0 Å². The monoisotopic (exact) mass is 302 g/mol. The fourth-order valence-electron chi connectivity index (χ4n) is 2.73. The molecule has 3 heteroatoms. The maximum absolute atomic E-state index is 6.03. The van der Waals surface area contributed by atoms with Gasteiger partial charge in [0, 0.05) is 24.2 Å². The molecule has 0 heterocycles. The summed E-state index contributed by atoms with van der Waals surface area (Å²) in [7, 11) is 2.12.